The van der Waals surface area contributed by atoms with Gasteiger partial charge in [0.05, 0.1) is 10.2 Å². The lowest BCUT2D eigenvalue weighted by Gasteiger charge is -2.10. The molecule has 0 aliphatic heterocycles. The first-order chi connectivity index (χ1) is 8.27. The minimum Gasteiger partial charge on any atom is -0.299 e. The fraction of sp³-hybridized carbons (Fsp3) is 0.273. The molecule has 1 aromatic heterocycles. The van der Waals surface area contributed by atoms with Gasteiger partial charge >= 0.3 is 0 Å². The number of alkyl halides is 2. The first-order valence-electron chi connectivity index (χ1n) is 5.03. The van der Waals surface area contributed by atoms with Gasteiger partial charge in [0.1, 0.15) is 0 Å². The Morgan fingerprint density at radius 1 is 1.44 bits per heavy atom. The highest BCUT2D eigenvalue weighted by Crippen LogP contribution is 2.31. The van der Waals surface area contributed by atoms with Crippen LogP contribution >= 0.6 is 46.1 Å². The average molecular weight is 324 g/mol. The van der Waals surface area contributed by atoms with Gasteiger partial charge in [0.25, 0.3) is 5.91 Å². The Labute approximate surface area is 123 Å². The number of hydrogen-bond donors (Lipinski definition) is 1. The molecule has 1 aromatic carbocycles. The van der Waals surface area contributed by atoms with Gasteiger partial charge in [0.2, 0.25) is 0 Å². The van der Waals surface area contributed by atoms with Crippen molar-refractivity contribution in [2.24, 2.45) is 0 Å². The molecule has 0 saturated carbocycles. The number of anilines is 1. The molecule has 96 valence electrons. The molecule has 0 radical (unpaired) electrons. The predicted octanol–water partition coefficient (Wildman–Crippen LogP) is 4.39. The second-order valence-corrected chi connectivity index (χ2v) is 7.07. The maximum Gasteiger partial charge on any atom is 0.262 e. The molecule has 7 heteroatoms. The average Bonchev–Trinajstić information content (AvgIpc) is 2.59. The molecule has 0 bridgehead atoms. The zero-order chi connectivity index (χ0) is 13.5. The van der Waals surface area contributed by atoms with Crippen LogP contribution in [0.5, 0.6) is 0 Å². The number of amides is 1. The van der Waals surface area contributed by atoms with Crippen molar-refractivity contribution in [2.45, 2.75) is 18.2 Å². The van der Waals surface area contributed by atoms with Gasteiger partial charge < -0.3 is 0 Å². The third-order valence-electron chi connectivity index (χ3n) is 2.29. The minimum atomic E-state index is -1.48. The molecule has 1 amide bonds. The van der Waals surface area contributed by atoms with Crippen molar-refractivity contribution in [2.75, 3.05) is 5.32 Å². The number of carbonyl (C=O) groups is 1. The Balaban J connectivity index is 2.34. The number of rotatable bonds is 2. The first kappa shape index (κ1) is 13.9. The van der Waals surface area contributed by atoms with Crippen LogP contribution in [0.15, 0.2) is 12.1 Å². The standard InChI is InChI=1S/C11H9Cl3N2OS/c1-5-3-8-7(4-6(5)12)15-10(18-8)16-9(17)11(2,13)14/h3-4H,1-2H3,(H,15,16,17). The summed E-state index contributed by atoms with van der Waals surface area (Å²) in [5.74, 6) is -0.507. The molecule has 0 saturated heterocycles. The van der Waals surface area contributed by atoms with Crippen LogP contribution in [0, 0.1) is 6.92 Å². The highest BCUT2D eigenvalue weighted by atomic mass is 35.5. The molecular formula is C11H9Cl3N2OS. The Morgan fingerprint density at radius 3 is 2.72 bits per heavy atom. The van der Waals surface area contributed by atoms with Crippen LogP contribution in [0.25, 0.3) is 10.2 Å². The van der Waals surface area contributed by atoms with Gasteiger partial charge in [-0.2, -0.15) is 0 Å². The Morgan fingerprint density at radius 2 is 2.11 bits per heavy atom. The number of hydrogen-bond acceptors (Lipinski definition) is 3. The van der Waals surface area contributed by atoms with E-state index in [0.29, 0.717) is 10.2 Å². The summed E-state index contributed by atoms with van der Waals surface area (Å²) in [5.41, 5.74) is 1.70. The lowest BCUT2D eigenvalue weighted by molar-refractivity contribution is -0.116. The van der Waals surface area contributed by atoms with Gasteiger partial charge in [-0.15, -0.1) is 0 Å². The molecule has 18 heavy (non-hydrogen) atoms. The SMILES string of the molecule is Cc1cc2sc(NC(=O)C(C)(Cl)Cl)nc2cc1Cl. The van der Waals surface area contributed by atoms with Crippen molar-refractivity contribution in [3.8, 4) is 0 Å². The van der Waals surface area contributed by atoms with E-state index in [1.54, 1.807) is 6.07 Å². The van der Waals surface area contributed by atoms with Gasteiger partial charge in [-0.25, -0.2) is 4.98 Å². The number of benzene rings is 1. The zero-order valence-corrected chi connectivity index (χ0v) is 12.6. The molecule has 0 atom stereocenters. The van der Waals surface area contributed by atoms with E-state index in [0.717, 1.165) is 15.8 Å². The monoisotopic (exact) mass is 322 g/mol. The molecule has 0 aliphatic carbocycles. The molecule has 0 spiro atoms. The summed E-state index contributed by atoms with van der Waals surface area (Å²) in [5, 5.41) is 3.66. The molecular weight excluding hydrogens is 315 g/mol. The summed E-state index contributed by atoms with van der Waals surface area (Å²) in [6.45, 7) is 3.31. The summed E-state index contributed by atoms with van der Waals surface area (Å²) in [7, 11) is 0. The lowest BCUT2D eigenvalue weighted by atomic mass is 10.2. The quantitative estimate of drug-likeness (QED) is 0.833. The van der Waals surface area contributed by atoms with E-state index in [2.05, 4.69) is 10.3 Å². The van der Waals surface area contributed by atoms with Crippen LogP contribution in [-0.4, -0.2) is 15.2 Å². The molecule has 1 heterocycles. The number of carbonyl (C=O) groups excluding carboxylic acids is 1. The third kappa shape index (κ3) is 2.88. The third-order valence-corrected chi connectivity index (χ3v) is 3.97. The number of thiazole rings is 1. The van der Waals surface area contributed by atoms with Crippen molar-refractivity contribution in [3.63, 3.8) is 0 Å². The number of nitrogens with one attached hydrogen (secondary N) is 1. The second-order valence-electron chi connectivity index (χ2n) is 3.93. The van der Waals surface area contributed by atoms with Crippen molar-refractivity contribution < 1.29 is 4.79 Å². The minimum absolute atomic E-state index is 0.448. The van der Waals surface area contributed by atoms with Crippen LogP contribution in [0.1, 0.15) is 12.5 Å². The summed E-state index contributed by atoms with van der Waals surface area (Å²) in [4.78, 5) is 15.9. The summed E-state index contributed by atoms with van der Waals surface area (Å²) in [6, 6.07) is 3.69. The molecule has 2 aromatic rings. The van der Waals surface area contributed by atoms with Crippen molar-refractivity contribution >= 4 is 67.4 Å². The fourth-order valence-corrected chi connectivity index (χ4v) is 2.50. The zero-order valence-electron chi connectivity index (χ0n) is 9.55. The van der Waals surface area contributed by atoms with E-state index < -0.39 is 10.2 Å². The highest BCUT2D eigenvalue weighted by molar-refractivity contribution is 7.22. The Hall–Kier alpha value is -0.550. The maximum atomic E-state index is 11.6. The summed E-state index contributed by atoms with van der Waals surface area (Å²) >= 11 is 18.7. The van der Waals surface area contributed by atoms with Crippen LogP contribution in [-0.2, 0) is 4.79 Å². The van der Waals surface area contributed by atoms with Gasteiger partial charge in [-0.3, -0.25) is 10.1 Å². The Bertz CT molecular complexity index is 580. The smallest absolute Gasteiger partial charge is 0.262 e. The summed E-state index contributed by atoms with van der Waals surface area (Å²) < 4.78 is -0.538. The van der Waals surface area contributed by atoms with Crippen LogP contribution in [0.2, 0.25) is 5.02 Å². The fourth-order valence-electron chi connectivity index (χ4n) is 1.31. The van der Waals surface area contributed by atoms with E-state index in [4.69, 9.17) is 34.8 Å². The largest absolute Gasteiger partial charge is 0.299 e. The van der Waals surface area contributed by atoms with E-state index in [1.807, 2.05) is 13.0 Å². The number of aromatic nitrogens is 1. The lowest BCUT2D eigenvalue weighted by Crippen LogP contribution is -2.29. The van der Waals surface area contributed by atoms with Gasteiger partial charge in [0.15, 0.2) is 9.46 Å². The van der Waals surface area contributed by atoms with Crippen molar-refractivity contribution in [1.82, 2.24) is 4.98 Å². The maximum absolute atomic E-state index is 11.6. The van der Waals surface area contributed by atoms with Gasteiger partial charge in [-0.05, 0) is 31.5 Å². The van der Waals surface area contributed by atoms with Crippen LogP contribution in [0.3, 0.4) is 0 Å². The van der Waals surface area contributed by atoms with Crippen molar-refractivity contribution in [1.29, 1.82) is 0 Å². The van der Waals surface area contributed by atoms with Gasteiger partial charge in [-0.1, -0.05) is 46.1 Å². The topological polar surface area (TPSA) is 42.0 Å². The normalized spacial score (nSPS) is 11.8. The molecule has 0 fully saturated rings. The van der Waals surface area contributed by atoms with Crippen LogP contribution in [0.4, 0.5) is 5.13 Å². The molecule has 3 nitrogen and oxygen atoms in total. The number of aryl methyl sites for hydroxylation is 1. The predicted molar refractivity (Wildman–Crippen MR) is 78.1 cm³/mol. The number of fused-ring (bicyclic) bond motifs is 1. The molecule has 0 aliphatic rings. The van der Waals surface area contributed by atoms with Crippen LogP contribution < -0.4 is 5.32 Å². The van der Waals surface area contributed by atoms with E-state index in [-0.39, 0.29) is 0 Å². The van der Waals surface area contributed by atoms with E-state index in [9.17, 15) is 4.79 Å². The summed E-state index contributed by atoms with van der Waals surface area (Å²) in [6.07, 6.45) is 0. The van der Waals surface area contributed by atoms with Crippen molar-refractivity contribution in [3.05, 3.63) is 22.7 Å². The molecule has 0 unspecified atom stereocenters. The Kier molecular flexibility index (Phi) is 3.74. The van der Waals surface area contributed by atoms with E-state index >= 15 is 0 Å². The number of nitrogens with zero attached hydrogens (tertiary/aromatic N) is 1. The van der Waals surface area contributed by atoms with E-state index in [1.165, 1.54) is 18.3 Å². The first-order valence-corrected chi connectivity index (χ1v) is 6.98. The molecule has 1 N–H and O–H groups in total. The molecule has 2 rings (SSSR count). The highest BCUT2D eigenvalue weighted by Gasteiger charge is 2.28. The van der Waals surface area contributed by atoms with Gasteiger partial charge in [0, 0.05) is 5.02 Å². The number of halogens is 3. The second kappa shape index (κ2) is 4.85.